The summed E-state index contributed by atoms with van der Waals surface area (Å²) in [5, 5.41) is 3.44. The van der Waals surface area contributed by atoms with E-state index in [0.29, 0.717) is 29.2 Å². The van der Waals surface area contributed by atoms with Gasteiger partial charge in [-0.05, 0) is 55.2 Å². The van der Waals surface area contributed by atoms with Gasteiger partial charge in [0.15, 0.2) is 0 Å². The minimum absolute atomic E-state index is 0.284. The fourth-order valence-electron chi connectivity index (χ4n) is 5.97. The minimum Gasteiger partial charge on any atom is -0.342 e. The third kappa shape index (κ3) is 3.79. The summed E-state index contributed by atoms with van der Waals surface area (Å²) in [4.78, 5) is 17.9. The summed E-state index contributed by atoms with van der Waals surface area (Å²) in [5.41, 5.74) is 1.71. The van der Waals surface area contributed by atoms with E-state index in [1.807, 2.05) is 0 Å². The standard InChI is InChI=1S/C23H35N3O/c1-17-14-26(16-19-7-5-4-6-8-19)15-18(2)21(17)25(3)22(27)20-13-23(20)9-11-24-12-10-23/h4-8,17-18,20-21,24H,9-16H2,1-3H3. The summed E-state index contributed by atoms with van der Waals surface area (Å²) in [5.74, 6) is 1.71. The number of piperidine rings is 2. The highest BCUT2D eigenvalue weighted by Gasteiger charge is 2.59. The first-order chi connectivity index (χ1) is 13.0. The highest BCUT2D eigenvalue weighted by molar-refractivity contribution is 5.83. The Morgan fingerprint density at radius 2 is 1.78 bits per heavy atom. The van der Waals surface area contributed by atoms with Crippen molar-refractivity contribution in [2.75, 3.05) is 33.2 Å². The Kier molecular flexibility index (Phi) is 5.30. The molecule has 2 saturated heterocycles. The zero-order chi connectivity index (χ0) is 19.0. The van der Waals surface area contributed by atoms with Crippen LogP contribution in [0.5, 0.6) is 0 Å². The van der Waals surface area contributed by atoms with Crippen LogP contribution in [-0.2, 0) is 11.3 Å². The first kappa shape index (κ1) is 18.9. The number of nitrogens with zero attached hydrogens (tertiary/aromatic N) is 2. The summed E-state index contributed by atoms with van der Waals surface area (Å²) in [6, 6.07) is 11.1. The molecule has 1 saturated carbocycles. The van der Waals surface area contributed by atoms with E-state index in [4.69, 9.17) is 0 Å². The molecule has 3 unspecified atom stereocenters. The number of carbonyl (C=O) groups is 1. The molecule has 4 heteroatoms. The predicted molar refractivity (Wildman–Crippen MR) is 109 cm³/mol. The van der Waals surface area contributed by atoms with Crippen LogP contribution in [0.3, 0.4) is 0 Å². The predicted octanol–water partition coefficient (Wildman–Crippen LogP) is 2.99. The Morgan fingerprint density at radius 1 is 1.15 bits per heavy atom. The van der Waals surface area contributed by atoms with Gasteiger partial charge in [0.1, 0.15) is 0 Å². The number of nitrogens with one attached hydrogen (secondary N) is 1. The van der Waals surface area contributed by atoms with Gasteiger partial charge in [-0.25, -0.2) is 0 Å². The topological polar surface area (TPSA) is 35.6 Å². The van der Waals surface area contributed by atoms with Gasteiger partial charge in [-0.2, -0.15) is 0 Å². The summed E-state index contributed by atoms with van der Waals surface area (Å²) in [6.45, 7) is 9.97. The Bertz CT molecular complexity index is 643. The molecule has 1 spiro atoms. The number of likely N-dealkylation sites (tertiary alicyclic amines) is 1. The molecule has 27 heavy (non-hydrogen) atoms. The van der Waals surface area contributed by atoms with Crippen LogP contribution in [0.15, 0.2) is 30.3 Å². The maximum Gasteiger partial charge on any atom is 0.226 e. The molecule has 4 nitrogen and oxygen atoms in total. The largest absolute Gasteiger partial charge is 0.342 e. The van der Waals surface area contributed by atoms with E-state index in [1.165, 1.54) is 18.4 Å². The molecule has 0 radical (unpaired) electrons. The van der Waals surface area contributed by atoms with Crippen LogP contribution in [-0.4, -0.2) is 55.0 Å². The van der Waals surface area contributed by atoms with Crippen LogP contribution in [0.1, 0.15) is 38.7 Å². The normalized spacial score (nSPS) is 33.0. The quantitative estimate of drug-likeness (QED) is 0.886. The lowest BCUT2D eigenvalue weighted by molar-refractivity contribution is -0.138. The van der Waals surface area contributed by atoms with Gasteiger partial charge >= 0.3 is 0 Å². The van der Waals surface area contributed by atoms with Gasteiger partial charge in [-0.3, -0.25) is 9.69 Å². The van der Waals surface area contributed by atoms with Crippen molar-refractivity contribution in [3.05, 3.63) is 35.9 Å². The van der Waals surface area contributed by atoms with Crippen molar-refractivity contribution in [3.63, 3.8) is 0 Å². The molecule has 0 bridgehead atoms. The van der Waals surface area contributed by atoms with Crippen LogP contribution in [0.25, 0.3) is 0 Å². The molecule has 1 aromatic carbocycles. The Labute approximate surface area is 164 Å². The van der Waals surface area contributed by atoms with E-state index in [9.17, 15) is 4.79 Å². The van der Waals surface area contributed by atoms with E-state index < -0.39 is 0 Å². The number of hydrogen-bond acceptors (Lipinski definition) is 3. The summed E-state index contributed by atoms with van der Waals surface area (Å²) in [6.07, 6.45) is 3.48. The van der Waals surface area contributed by atoms with Crippen molar-refractivity contribution >= 4 is 5.91 Å². The van der Waals surface area contributed by atoms with Gasteiger partial charge in [-0.15, -0.1) is 0 Å². The van der Waals surface area contributed by atoms with E-state index in [2.05, 4.69) is 66.3 Å². The number of hydrogen-bond donors (Lipinski definition) is 1. The maximum absolute atomic E-state index is 13.2. The van der Waals surface area contributed by atoms with Crippen LogP contribution in [0.2, 0.25) is 0 Å². The lowest BCUT2D eigenvalue weighted by Crippen LogP contribution is -2.55. The molecule has 4 rings (SSSR count). The highest BCUT2D eigenvalue weighted by atomic mass is 16.2. The van der Waals surface area contributed by atoms with Crippen molar-refractivity contribution in [1.29, 1.82) is 0 Å². The van der Waals surface area contributed by atoms with E-state index >= 15 is 0 Å². The molecule has 0 aromatic heterocycles. The van der Waals surface area contributed by atoms with E-state index in [0.717, 1.165) is 39.1 Å². The SMILES string of the molecule is CC1CN(Cc2ccccc2)CC(C)C1N(C)C(=O)C1CC12CCNCC2. The first-order valence-electron chi connectivity index (χ1n) is 10.7. The van der Waals surface area contributed by atoms with Crippen LogP contribution >= 0.6 is 0 Å². The third-order valence-electron chi connectivity index (χ3n) is 7.39. The number of amides is 1. The lowest BCUT2D eigenvalue weighted by Gasteiger charge is -2.45. The molecule has 1 aromatic rings. The molecule has 3 atom stereocenters. The molecular formula is C23H35N3O. The van der Waals surface area contributed by atoms with Gasteiger partial charge in [0.2, 0.25) is 5.91 Å². The molecule has 1 N–H and O–H groups in total. The lowest BCUT2D eigenvalue weighted by atomic mass is 9.84. The molecule has 2 aliphatic heterocycles. The average molecular weight is 370 g/mol. The maximum atomic E-state index is 13.2. The van der Waals surface area contributed by atoms with E-state index in [1.54, 1.807) is 0 Å². The van der Waals surface area contributed by atoms with Crippen LogP contribution in [0, 0.1) is 23.2 Å². The molecule has 3 aliphatic rings. The van der Waals surface area contributed by atoms with Crippen molar-refractivity contribution < 1.29 is 4.79 Å². The monoisotopic (exact) mass is 369 g/mol. The minimum atomic E-state index is 0.284. The Balaban J connectivity index is 1.37. The highest BCUT2D eigenvalue weighted by Crippen LogP contribution is 2.59. The third-order valence-corrected chi connectivity index (χ3v) is 7.39. The van der Waals surface area contributed by atoms with Crippen molar-refractivity contribution in [1.82, 2.24) is 15.1 Å². The number of carbonyl (C=O) groups excluding carboxylic acids is 1. The molecule has 1 amide bonds. The van der Waals surface area contributed by atoms with Gasteiger partial charge in [0.05, 0.1) is 0 Å². The Morgan fingerprint density at radius 3 is 2.41 bits per heavy atom. The zero-order valence-electron chi connectivity index (χ0n) is 17.2. The number of benzene rings is 1. The van der Waals surface area contributed by atoms with Gasteiger partial charge in [0.25, 0.3) is 0 Å². The fourth-order valence-corrected chi connectivity index (χ4v) is 5.97. The van der Waals surface area contributed by atoms with Crippen molar-refractivity contribution in [2.24, 2.45) is 23.2 Å². The average Bonchev–Trinajstić information content (AvgIpc) is 3.34. The fraction of sp³-hybridized carbons (Fsp3) is 0.696. The second-order valence-electron chi connectivity index (χ2n) is 9.44. The molecule has 2 heterocycles. The van der Waals surface area contributed by atoms with Gasteiger partial charge < -0.3 is 10.2 Å². The zero-order valence-corrected chi connectivity index (χ0v) is 17.2. The molecular weight excluding hydrogens is 334 g/mol. The van der Waals surface area contributed by atoms with Crippen LogP contribution < -0.4 is 5.32 Å². The second-order valence-corrected chi connectivity index (χ2v) is 9.44. The molecule has 3 fully saturated rings. The first-order valence-corrected chi connectivity index (χ1v) is 10.7. The summed E-state index contributed by atoms with van der Waals surface area (Å²) < 4.78 is 0. The van der Waals surface area contributed by atoms with Crippen molar-refractivity contribution in [2.45, 2.75) is 45.7 Å². The molecule has 1 aliphatic carbocycles. The van der Waals surface area contributed by atoms with Crippen molar-refractivity contribution in [3.8, 4) is 0 Å². The molecule has 148 valence electrons. The summed E-state index contributed by atoms with van der Waals surface area (Å²) >= 11 is 0. The van der Waals surface area contributed by atoms with E-state index in [-0.39, 0.29) is 5.92 Å². The summed E-state index contributed by atoms with van der Waals surface area (Å²) in [7, 11) is 2.07. The smallest absolute Gasteiger partial charge is 0.226 e. The van der Waals surface area contributed by atoms with Crippen LogP contribution in [0.4, 0.5) is 0 Å². The van der Waals surface area contributed by atoms with Gasteiger partial charge in [-0.1, -0.05) is 44.2 Å². The Hall–Kier alpha value is -1.39. The van der Waals surface area contributed by atoms with Gasteiger partial charge in [0, 0.05) is 38.6 Å². The second kappa shape index (κ2) is 7.56. The number of rotatable bonds is 4.